The Morgan fingerprint density at radius 2 is 2.28 bits per heavy atom. The lowest BCUT2D eigenvalue weighted by molar-refractivity contribution is 0.271. The molecule has 0 radical (unpaired) electrons. The molecule has 2 rings (SSSR count). The molecule has 18 heavy (non-hydrogen) atoms. The highest BCUT2D eigenvalue weighted by molar-refractivity contribution is 9.10. The summed E-state index contributed by atoms with van der Waals surface area (Å²) in [6.45, 7) is 0.345. The van der Waals surface area contributed by atoms with Gasteiger partial charge in [0.15, 0.2) is 11.5 Å². The number of halogens is 1. The zero-order chi connectivity index (χ0) is 13.0. The maximum atomic E-state index is 9.13. The summed E-state index contributed by atoms with van der Waals surface area (Å²) in [6, 6.07) is 3.56. The van der Waals surface area contributed by atoms with Gasteiger partial charge in [0.05, 0.1) is 29.4 Å². The van der Waals surface area contributed by atoms with Gasteiger partial charge in [-0.25, -0.2) is 4.98 Å². The minimum absolute atomic E-state index is 0.0404. The Bertz CT molecular complexity index is 516. The van der Waals surface area contributed by atoms with Gasteiger partial charge in [0.1, 0.15) is 6.61 Å². The smallest absolute Gasteiger partial charge is 0.175 e. The molecular formula is C12H12BrNO3S. The molecular weight excluding hydrogens is 318 g/mol. The predicted molar refractivity (Wildman–Crippen MR) is 73.1 cm³/mol. The van der Waals surface area contributed by atoms with E-state index in [0.29, 0.717) is 18.1 Å². The molecule has 0 bridgehead atoms. The van der Waals surface area contributed by atoms with Crippen molar-refractivity contribution in [2.24, 2.45) is 0 Å². The molecule has 0 fully saturated rings. The van der Waals surface area contributed by atoms with Gasteiger partial charge in [-0.15, -0.1) is 11.3 Å². The number of hydrogen-bond donors (Lipinski definition) is 1. The SMILES string of the molecule is COc1cc(CO)cc(Br)c1OCc1cscn1. The normalized spacial score (nSPS) is 10.4. The van der Waals surface area contributed by atoms with Crippen molar-refractivity contribution < 1.29 is 14.6 Å². The van der Waals surface area contributed by atoms with Crippen molar-refractivity contribution in [1.82, 2.24) is 4.98 Å². The number of aliphatic hydroxyl groups is 1. The van der Waals surface area contributed by atoms with Gasteiger partial charge in [-0.05, 0) is 33.6 Å². The van der Waals surface area contributed by atoms with Crippen LogP contribution in [0.25, 0.3) is 0 Å². The summed E-state index contributed by atoms with van der Waals surface area (Å²) in [5.41, 5.74) is 3.40. The third-order valence-electron chi connectivity index (χ3n) is 2.32. The highest BCUT2D eigenvalue weighted by atomic mass is 79.9. The molecule has 2 aromatic rings. The fourth-order valence-corrected chi connectivity index (χ4v) is 2.61. The van der Waals surface area contributed by atoms with Crippen LogP contribution in [-0.2, 0) is 13.2 Å². The molecule has 0 aliphatic rings. The Labute approximate surface area is 117 Å². The molecule has 96 valence electrons. The molecule has 0 spiro atoms. The summed E-state index contributed by atoms with van der Waals surface area (Å²) in [5.74, 6) is 1.20. The molecule has 0 atom stereocenters. The Balaban J connectivity index is 2.20. The van der Waals surface area contributed by atoms with Gasteiger partial charge < -0.3 is 14.6 Å². The van der Waals surface area contributed by atoms with Crippen LogP contribution in [0.2, 0.25) is 0 Å². The van der Waals surface area contributed by atoms with Gasteiger partial charge in [-0.1, -0.05) is 0 Å². The monoisotopic (exact) mass is 329 g/mol. The number of thiazole rings is 1. The van der Waals surface area contributed by atoms with E-state index in [1.54, 1.807) is 24.8 Å². The van der Waals surface area contributed by atoms with Gasteiger partial charge in [-0.2, -0.15) is 0 Å². The number of nitrogens with zero attached hydrogens (tertiary/aromatic N) is 1. The number of hydrogen-bond acceptors (Lipinski definition) is 5. The van der Waals surface area contributed by atoms with Crippen LogP contribution >= 0.6 is 27.3 Å². The van der Waals surface area contributed by atoms with Crippen LogP contribution in [-0.4, -0.2) is 17.2 Å². The first-order valence-electron chi connectivity index (χ1n) is 5.21. The lowest BCUT2D eigenvalue weighted by Crippen LogP contribution is -1.99. The van der Waals surface area contributed by atoms with Crippen molar-refractivity contribution in [3.63, 3.8) is 0 Å². The average Bonchev–Trinajstić information content (AvgIpc) is 2.89. The van der Waals surface area contributed by atoms with Crippen LogP contribution in [0, 0.1) is 0 Å². The number of benzene rings is 1. The summed E-state index contributed by atoms with van der Waals surface area (Å²) >= 11 is 4.94. The lowest BCUT2D eigenvalue weighted by Gasteiger charge is -2.13. The summed E-state index contributed by atoms with van der Waals surface area (Å²) in [4.78, 5) is 4.15. The third kappa shape index (κ3) is 3.01. The zero-order valence-electron chi connectivity index (χ0n) is 9.72. The Morgan fingerprint density at radius 1 is 1.44 bits per heavy atom. The van der Waals surface area contributed by atoms with E-state index in [4.69, 9.17) is 14.6 Å². The molecule has 4 nitrogen and oxygen atoms in total. The standard InChI is InChI=1S/C12H12BrNO3S/c1-16-11-3-8(4-15)2-10(13)12(11)17-5-9-6-18-7-14-9/h2-3,6-7,15H,4-5H2,1H3. The second-order valence-electron chi connectivity index (χ2n) is 3.54. The molecule has 0 saturated carbocycles. The van der Waals surface area contributed by atoms with E-state index < -0.39 is 0 Å². The Kier molecular flexibility index (Phi) is 4.57. The van der Waals surface area contributed by atoms with Gasteiger partial charge in [0.2, 0.25) is 0 Å². The van der Waals surface area contributed by atoms with E-state index in [-0.39, 0.29) is 6.61 Å². The number of aliphatic hydroxyl groups excluding tert-OH is 1. The zero-order valence-corrected chi connectivity index (χ0v) is 12.1. The van der Waals surface area contributed by atoms with Crippen LogP contribution < -0.4 is 9.47 Å². The van der Waals surface area contributed by atoms with Crippen molar-refractivity contribution in [2.45, 2.75) is 13.2 Å². The molecule has 0 aliphatic heterocycles. The quantitative estimate of drug-likeness (QED) is 0.916. The van der Waals surface area contributed by atoms with Crippen LogP contribution in [0.5, 0.6) is 11.5 Å². The van der Waals surface area contributed by atoms with E-state index in [2.05, 4.69) is 20.9 Å². The van der Waals surface area contributed by atoms with Crippen molar-refractivity contribution >= 4 is 27.3 Å². The first kappa shape index (κ1) is 13.3. The van der Waals surface area contributed by atoms with Gasteiger partial charge in [0, 0.05) is 5.38 Å². The average molecular weight is 330 g/mol. The number of aromatic nitrogens is 1. The molecule has 0 unspecified atom stereocenters. The molecule has 1 N–H and O–H groups in total. The predicted octanol–water partition coefficient (Wildman–Crippen LogP) is 2.99. The molecule has 1 aromatic heterocycles. The number of rotatable bonds is 5. The maximum absolute atomic E-state index is 9.13. The second-order valence-corrected chi connectivity index (χ2v) is 5.11. The second kappa shape index (κ2) is 6.17. The molecule has 0 saturated heterocycles. The lowest BCUT2D eigenvalue weighted by atomic mass is 10.2. The van der Waals surface area contributed by atoms with Gasteiger partial charge >= 0.3 is 0 Å². The number of ether oxygens (including phenoxy) is 2. The van der Waals surface area contributed by atoms with Crippen molar-refractivity contribution in [3.8, 4) is 11.5 Å². The van der Waals surface area contributed by atoms with Crippen molar-refractivity contribution in [1.29, 1.82) is 0 Å². The largest absolute Gasteiger partial charge is 0.493 e. The van der Waals surface area contributed by atoms with E-state index in [0.717, 1.165) is 15.7 Å². The van der Waals surface area contributed by atoms with Crippen molar-refractivity contribution in [2.75, 3.05) is 7.11 Å². The topological polar surface area (TPSA) is 51.6 Å². The highest BCUT2D eigenvalue weighted by Crippen LogP contribution is 2.37. The van der Waals surface area contributed by atoms with Crippen LogP contribution in [0.3, 0.4) is 0 Å². The fraction of sp³-hybridized carbons (Fsp3) is 0.250. The van der Waals surface area contributed by atoms with Crippen LogP contribution in [0.4, 0.5) is 0 Å². The summed E-state index contributed by atoms with van der Waals surface area (Å²) < 4.78 is 11.7. The summed E-state index contributed by atoms with van der Waals surface area (Å²) in [7, 11) is 1.57. The van der Waals surface area contributed by atoms with Gasteiger partial charge in [0.25, 0.3) is 0 Å². The van der Waals surface area contributed by atoms with E-state index in [9.17, 15) is 0 Å². The molecule has 1 heterocycles. The van der Waals surface area contributed by atoms with Crippen molar-refractivity contribution in [3.05, 3.63) is 38.8 Å². The highest BCUT2D eigenvalue weighted by Gasteiger charge is 2.12. The molecule has 0 aliphatic carbocycles. The Hall–Kier alpha value is -1.11. The number of methoxy groups -OCH3 is 1. The third-order valence-corrected chi connectivity index (χ3v) is 3.54. The first-order chi connectivity index (χ1) is 8.74. The van der Waals surface area contributed by atoms with Crippen LogP contribution in [0.15, 0.2) is 27.5 Å². The van der Waals surface area contributed by atoms with Crippen LogP contribution in [0.1, 0.15) is 11.3 Å². The molecule has 0 amide bonds. The van der Waals surface area contributed by atoms with Gasteiger partial charge in [-0.3, -0.25) is 0 Å². The van der Waals surface area contributed by atoms with E-state index in [1.165, 1.54) is 11.3 Å². The summed E-state index contributed by atoms with van der Waals surface area (Å²) in [6.07, 6.45) is 0. The minimum Gasteiger partial charge on any atom is -0.493 e. The minimum atomic E-state index is -0.0404. The summed E-state index contributed by atoms with van der Waals surface area (Å²) in [5, 5.41) is 11.1. The van der Waals surface area contributed by atoms with E-state index >= 15 is 0 Å². The molecule has 6 heteroatoms. The molecule has 1 aromatic carbocycles. The Morgan fingerprint density at radius 3 is 2.89 bits per heavy atom. The maximum Gasteiger partial charge on any atom is 0.175 e. The van der Waals surface area contributed by atoms with E-state index in [1.807, 2.05) is 5.38 Å². The first-order valence-corrected chi connectivity index (χ1v) is 6.95. The fourth-order valence-electron chi connectivity index (χ4n) is 1.46.